The van der Waals surface area contributed by atoms with Crippen LogP contribution in [-0.2, 0) is 0 Å². The number of thiophene rings is 1. The molecule has 0 aromatic carbocycles. The maximum absolute atomic E-state index is 11.8. The molecule has 0 atom stereocenters. The van der Waals surface area contributed by atoms with Gasteiger partial charge in [-0.25, -0.2) is 0 Å². The first-order valence-corrected chi connectivity index (χ1v) is 6.28. The molecule has 0 aliphatic heterocycles. The minimum Gasteiger partial charge on any atom is -0.366 e. The SMILES string of the molecule is NC(=O)c1ccsc1NC(=O)c1cc(Br)c[nH]1. The van der Waals surface area contributed by atoms with Crippen molar-refractivity contribution in [1.82, 2.24) is 4.98 Å². The number of carbonyl (C=O) groups excluding carboxylic acids is 2. The van der Waals surface area contributed by atoms with E-state index in [4.69, 9.17) is 5.73 Å². The number of aromatic nitrogens is 1. The molecule has 5 nitrogen and oxygen atoms in total. The summed E-state index contributed by atoms with van der Waals surface area (Å²) < 4.78 is 0.781. The van der Waals surface area contributed by atoms with Gasteiger partial charge < -0.3 is 16.0 Å². The van der Waals surface area contributed by atoms with Crippen molar-refractivity contribution in [1.29, 1.82) is 0 Å². The standard InChI is InChI=1S/C10H8BrN3O2S/c11-5-3-7(13-4-5)9(16)14-10-6(8(12)15)1-2-17-10/h1-4,13H,(H2,12,15)(H,14,16). The molecule has 17 heavy (non-hydrogen) atoms. The van der Waals surface area contributed by atoms with E-state index < -0.39 is 5.91 Å². The van der Waals surface area contributed by atoms with Gasteiger partial charge in [0, 0.05) is 10.7 Å². The molecule has 2 heterocycles. The van der Waals surface area contributed by atoms with Crippen LogP contribution in [0.5, 0.6) is 0 Å². The van der Waals surface area contributed by atoms with E-state index in [2.05, 4.69) is 26.2 Å². The maximum Gasteiger partial charge on any atom is 0.272 e. The van der Waals surface area contributed by atoms with E-state index >= 15 is 0 Å². The lowest BCUT2D eigenvalue weighted by molar-refractivity contribution is 0.100. The fraction of sp³-hybridized carbons (Fsp3) is 0. The van der Waals surface area contributed by atoms with Crippen molar-refractivity contribution in [2.24, 2.45) is 5.73 Å². The van der Waals surface area contributed by atoms with Gasteiger partial charge in [-0.3, -0.25) is 9.59 Å². The summed E-state index contributed by atoms with van der Waals surface area (Å²) in [6, 6.07) is 3.22. The molecule has 88 valence electrons. The largest absolute Gasteiger partial charge is 0.366 e. The fourth-order valence-corrected chi connectivity index (χ4v) is 2.40. The monoisotopic (exact) mass is 313 g/mol. The Labute approximate surface area is 109 Å². The second kappa shape index (κ2) is 4.72. The van der Waals surface area contributed by atoms with Gasteiger partial charge in [0.15, 0.2) is 0 Å². The van der Waals surface area contributed by atoms with Crippen molar-refractivity contribution in [2.45, 2.75) is 0 Å². The zero-order valence-corrected chi connectivity index (χ0v) is 10.9. The van der Waals surface area contributed by atoms with Crippen LogP contribution in [0.3, 0.4) is 0 Å². The van der Waals surface area contributed by atoms with Crippen LogP contribution in [0.1, 0.15) is 20.8 Å². The number of anilines is 1. The third-order valence-corrected chi connectivity index (χ3v) is 3.34. The molecule has 0 spiro atoms. The molecule has 0 unspecified atom stereocenters. The predicted octanol–water partition coefficient (Wildman–Crippen LogP) is 2.19. The predicted molar refractivity (Wildman–Crippen MR) is 69.3 cm³/mol. The Balaban J connectivity index is 2.18. The van der Waals surface area contributed by atoms with Crippen molar-refractivity contribution >= 4 is 44.1 Å². The quantitative estimate of drug-likeness (QED) is 0.811. The first kappa shape index (κ1) is 11.9. The number of hydrogen-bond donors (Lipinski definition) is 3. The molecule has 0 saturated heterocycles. The molecular weight excluding hydrogens is 306 g/mol. The Morgan fingerprint density at radius 1 is 1.47 bits per heavy atom. The van der Waals surface area contributed by atoms with Gasteiger partial charge in [-0.05, 0) is 33.4 Å². The first-order chi connectivity index (χ1) is 8.08. The van der Waals surface area contributed by atoms with Crippen LogP contribution in [0.2, 0.25) is 0 Å². The van der Waals surface area contributed by atoms with Crippen LogP contribution in [0.25, 0.3) is 0 Å². The summed E-state index contributed by atoms with van der Waals surface area (Å²) in [6.07, 6.45) is 1.65. The summed E-state index contributed by atoms with van der Waals surface area (Å²) >= 11 is 4.48. The number of primary amides is 1. The Kier molecular flexibility index (Phi) is 3.30. The van der Waals surface area contributed by atoms with Crippen LogP contribution in [-0.4, -0.2) is 16.8 Å². The van der Waals surface area contributed by atoms with Crippen molar-refractivity contribution < 1.29 is 9.59 Å². The van der Waals surface area contributed by atoms with E-state index in [0.717, 1.165) is 4.47 Å². The fourth-order valence-electron chi connectivity index (χ4n) is 1.27. The van der Waals surface area contributed by atoms with Crippen LogP contribution < -0.4 is 11.1 Å². The molecule has 2 aromatic heterocycles. The Bertz CT molecular complexity index is 576. The van der Waals surface area contributed by atoms with Gasteiger partial charge in [0.25, 0.3) is 11.8 Å². The highest BCUT2D eigenvalue weighted by Gasteiger charge is 2.14. The number of amides is 2. The Hall–Kier alpha value is -1.60. The summed E-state index contributed by atoms with van der Waals surface area (Å²) in [4.78, 5) is 25.7. The number of H-pyrrole nitrogens is 1. The average molecular weight is 314 g/mol. The Morgan fingerprint density at radius 3 is 2.82 bits per heavy atom. The van der Waals surface area contributed by atoms with Gasteiger partial charge >= 0.3 is 0 Å². The van der Waals surface area contributed by atoms with Gasteiger partial charge in [-0.15, -0.1) is 11.3 Å². The highest BCUT2D eigenvalue weighted by atomic mass is 79.9. The molecule has 0 aliphatic carbocycles. The maximum atomic E-state index is 11.8. The summed E-state index contributed by atoms with van der Waals surface area (Å²) in [5, 5.41) is 4.77. The van der Waals surface area contributed by atoms with E-state index in [0.29, 0.717) is 16.3 Å². The smallest absolute Gasteiger partial charge is 0.272 e. The summed E-state index contributed by atoms with van der Waals surface area (Å²) in [6.45, 7) is 0. The minimum atomic E-state index is -0.561. The van der Waals surface area contributed by atoms with E-state index in [-0.39, 0.29) is 5.91 Å². The summed E-state index contributed by atoms with van der Waals surface area (Å²) in [7, 11) is 0. The zero-order chi connectivity index (χ0) is 12.4. The van der Waals surface area contributed by atoms with Gasteiger partial charge in [0.1, 0.15) is 10.7 Å². The number of rotatable bonds is 3. The molecular formula is C10H8BrN3O2S. The first-order valence-electron chi connectivity index (χ1n) is 4.60. The lowest BCUT2D eigenvalue weighted by Gasteiger charge is -2.02. The number of aromatic amines is 1. The van der Waals surface area contributed by atoms with Gasteiger partial charge in [0.2, 0.25) is 0 Å². The lowest BCUT2D eigenvalue weighted by Crippen LogP contribution is -2.16. The molecule has 2 aromatic rings. The minimum absolute atomic E-state index is 0.314. The number of carbonyl (C=O) groups is 2. The number of nitrogens with one attached hydrogen (secondary N) is 2. The molecule has 2 amide bonds. The molecule has 0 fully saturated rings. The topological polar surface area (TPSA) is 88.0 Å². The van der Waals surface area contributed by atoms with Crippen LogP contribution in [0, 0.1) is 0 Å². The number of hydrogen-bond acceptors (Lipinski definition) is 3. The summed E-state index contributed by atoms with van der Waals surface area (Å²) in [5.41, 5.74) is 5.90. The van der Waals surface area contributed by atoms with Gasteiger partial charge in [-0.1, -0.05) is 0 Å². The summed E-state index contributed by atoms with van der Waals surface area (Å²) in [5.74, 6) is -0.880. The van der Waals surface area contributed by atoms with Crippen molar-refractivity contribution in [3.05, 3.63) is 39.4 Å². The third-order valence-electron chi connectivity index (χ3n) is 2.05. The zero-order valence-electron chi connectivity index (χ0n) is 8.49. The highest BCUT2D eigenvalue weighted by Crippen LogP contribution is 2.23. The second-order valence-electron chi connectivity index (χ2n) is 3.21. The van der Waals surface area contributed by atoms with Crippen molar-refractivity contribution in [2.75, 3.05) is 5.32 Å². The van der Waals surface area contributed by atoms with E-state index in [1.165, 1.54) is 11.3 Å². The number of halogens is 1. The van der Waals surface area contributed by atoms with Crippen LogP contribution in [0.4, 0.5) is 5.00 Å². The van der Waals surface area contributed by atoms with E-state index in [1.54, 1.807) is 23.7 Å². The van der Waals surface area contributed by atoms with E-state index in [9.17, 15) is 9.59 Å². The third kappa shape index (κ3) is 2.56. The average Bonchev–Trinajstić information content (AvgIpc) is 2.86. The molecule has 0 saturated carbocycles. The molecule has 0 bridgehead atoms. The molecule has 4 N–H and O–H groups in total. The Morgan fingerprint density at radius 2 is 2.24 bits per heavy atom. The van der Waals surface area contributed by atoms with Crippen molar-refractivity contribution in [3.8, 4) is 0 Å². The molecule has 0 radical (unpaired) electrons. The van der Waals surface area contributed by atoms with Gasteiger partial charge in [-0.2, -0.15) is 0 Å². The lowest BCUT2D eigenvalue weighted by atomic mass is 10.3. The second-order valence-corrected chi connectivity index (χ2v) is 5.05. The molecule has 0 aliphatic rings. The van der Waals surface area contributed by atoms with Crippen molar-refractivity contribution in [3.63, 3.8) is 0 Å². The van der Waals surface area contributed by atoms with Crippen LogP contribution in [0.15, 0.2) is 28.2 Å². The molecule has 2 rings (SSSR count). The number of nitrogens with two attached hydrogens (primary N) is 1. The molecule has 7 heteroatoms. The normalized spacial score (nSPS) is 10.2. The highest BCUT2D eigenvalue weighted by molar-refractivity contribution is 9.10. The van der Waals surface area contributed by atoms with E-state index in [1.807, 2.05) is 0 Å². The van der Waals surface area contributed by atoms with Crippen LogP contribution >= 0.6 is 27.3 Å². The van der Waals surface area contributed by atoms with Gasteiger partial charge in [0.05, 0.1) is 5.56 Å².